The fourth-order valence-electron chi connectivity index (χ4n) is 1.80. The van der Waals surface area contributed by atoms with Gasteiger partial charge in [-0.25, -0.2) is 0 Å². The van der Waals surface area contributed by atoms with Gasteiger partial charge in [0.05, 0.1) is 16.9 Å². The maximum Gasteiger partial charge on any atom is 0.125 e. The van der Waals surface area contributed by atoms with Gasteiger partial charge in [0.1, 0.15) is 17.6 Å². The second-order valence-electron chi connectivity index (χ2n) is 3.77. The van der Waals surface area contributed by atoms with Crippen LogP contribution >= 0.6 is 11.6 Å². The number of aliphatic hydroxyl groups excluding tert-OH is 1. The van der Waals surface area contributed by atoms with E-state index in [-0.39, 0.29) is 0 Å². The Labute approximate surface area is 98.4 Å². The Morgan fingerprint density at radius 1 is 1.50 bits per heavy atom. The maximum atomic E-state index is 10.2. The summed E-state index contributed by atoms with van der Waals surface area (Å²) in [7, 11) is 1.74. The molecule has 0 bridgehead atoms. The van der Waals surface area contributed by atoms with Crippen molar-refractivity contribution in [2.24, 2.45) is 7.05 Å². The molecule has 2 heterocycles. The smallest absolute Gasteiger partial charge is 0.125 e. The third-order valence-electron chi connectivity index (χ3n) is 2.57. The van der Waals surface area contributed by atoms with Crippen molar-refractivity contribution in [1.82, 2.24) is 9.78 Å². The van der Waals surface area contributed by atoms with Crippen LogP contribution in [0.4, 0.5) is 0 Å². The van der Waals surface area contributed by atoms with Crippen molar-refractivity contribution in [3.8, 4) is 0 Å². The van der Waals surface area contributed by atoms with Crippen molar-refractivity contribution in [2.45, 2.75) is 20.0 Å². The molecule has 0 aromatic carbocycles. The van der Waals surface area contributed by atoms with E-state index in [0.29, 0.717) is 16.5 Å². The molecule has 0 saturated carbocycles. The van der Waals surface area contributed by atoms with E-state index >= 15 is 0 Å². The van der Waals surface area contributed by atoms with Crippen molar-refractivity contribution in [3.63, 3.8) is 0 Å². The second-order valence-corrected chi connectivity index (χ2v) is 4.18. The Kier molecular flexibility index (Phi) is 2.78. The zero-order chi connectivity index (χ0) is 11.9. The van der Waals surface area contributed by atoms with E-state index < -0.39 is 6.10 Å². The summed E-state index contributed by atoms with van der Waals surface area (Å²) in [4.78, 5) is 0. The van der Waals surface area contributed by atoms with Crippen molar-refractivity contribution in [1.29, 1.82) is 0 Å². The molecule has 1 N–H and O–H groups in total. The predicted molar refractivity (Wildman–Crippen MR) is 60.5 cm³/mol. The number of nitrogens with zero attached hydrogens (tertiary/aromatic N) is 2. The number of hydrogen-bond acceptors (Lipinski definition) is 3. The topological polar surface area (TPSA) is 51.2 Å². The Morgan fingerprint density at radius 3 is 2.62 bits per heavy atom. The molecule has 2 aromatic rings. The first kappa shape index (κ1) is 11.2. The molecule has 0 amide bonds. The van der Waals surface area contributed by atoms with Crippen LogP contribution in [-0.4, -0.2) is 14.9 Å². The highest BCUT2D eigenvalue weighted by Gasteiger charge is 2.22. The van der Waals surface area contributed by atoms with Gasteiger partial charge in [-0.15, -0.1) is 0 Å². The third kappa shape index (κ3) is 1.74. The fraction of sp³-hybridized carbons (Fsp3) is 0.364. The lowest BCUT2D eigenvalue weighted by Gasteiger charge is -2.10. The summed E-state index contributed by atoms with van der Waals surface area (Å²) in [5, 5.41) is 14.7. The van der Waals surface area contributed by atoms with Crippen molar-refractivity contribution in [3.05, 3.63) is 40.1 Å². The molecule has 1 unspecified atom stereocenters. The number of aromatic nitrogens is 2. The average molecular weight is 241 g/mol. The molecule has 0 spiro atoms. The van der Waals surface area contributed by atoms with Gasteiger partial charge in [0.25, 0.3) is 0 Å². The Bertz CT molecular complexity index is 497. The van der Waals surface area contributed by atoms with E-state index in [2.05, 4.69) is 5.10 Å². The summed E-state index contributed by atoms with van der Waals surface area (Å²) < 4.78 is 6.94. The van der Waals surface area contributed by atoms with Gasteiger partial charge in [0.15, 0.2) is 0 Å². The van der Waals surface area contributed by atoms with Gasteiger partial charge < -0.3 is 9.52 Å². The maximum absolute atomic E-state index is 10.2. The molecule has 0 aliphatic carbocycles. The minimum absolute atomic E-state index is 0.452. The zero-order valence-electron chi connectivity index (χ0n) is 9.36. The zero-order valence-corrected chi connectivity index (χ0v) is 10.1. The molecular formula is C11H13ClN2O2. The lowest BCUT2D eigenvalue weighted by molar-refractivity contribution is 0.207. The molecule has 16 heavy (non-hydrogen) atoms. The first-order valence-corrected chi connectivity index (χ1v) is 5.31. The van der Waals surface area contributed by atoms with Gasteiger partial charge in [-0.1, -0.05) is 11.6 Å². The van der Waals surface area contributed by atoms with E-state index in [4.69, 9.17) is 16.0 Å². The Balaban J connectivity index is 2.46. The summed E-state index contributed by atoms with van der Waals surface area (Å²) in [6, 6.07) is 1.81. The van der Waals surface area contributed by atoms with Crippen molar-refractivity contribution >= 4 is 11.6 Å². The SMILES string of the molecule is Cc1cc(C(O)c2c(Cl)cnn2C)c(C)o1. The number of hydrogen-bond donors (Lipinski definition) is 1. The Morgan fingerprint density at radius 2 is 2.19 bits per heavy atom. The van der Waals surface area contributed by atoms with Crippen LogP contribution in [0, 0.1) is 13.8 Å². The van der Waals surface area contributed by atoms with Crippen molar-refractivity contribution < 1.29 is 9.52 Å². The Hall–Kier alpha value is -1.26. The second kappa shape index (κ2) is 3.96. The summed E-state index contributed by atoms with van der Waals surface area (Å²) in [6.07, 6.45) is 0.708. The fourth-order valence-corrected chi connectivity index (χ4v) is 2.07. The van der Waals surface area contributed by atoms with Crippen LogP contribution in [0.3, 0.4) is 0 Å². The van der Waals surface area contributed by atoms with Crippen LogP contribution in [0.25, 0.3) is 0 Å². The van der Waals surface area contributed by atoms with Crippen molar-refractivity contribution in [2.75, 3.05) is 0 Å². The molecular weight excluding hydrogens is 228 g/mol. The van der Waals surface area contributed by atoms with Gasteiger partial charge in [0, 0.05) is 12.6 Å². The van der Waals surface area contributed by atoms with Crippen LogP contribution in [0.1, 0.15) is 28.9 Å². The molecule has 2 aromatic heterocycles. The molecule has 0 saturated heterocycles. The van der Waals surface area contributed by atoms with Gasteiger partial charge >= 0.3 is 0 Å². The number of halogens is 1. The monoisotopic (exact) mass is 240 g/mol. The quantitative estimate of drug-likeness (QED) is 0.877. The predicted octanol–water partition coefficient (Wildman–Crippen LogP) is 2.37. The molecule has 0 aliphatic heterocycles. The molecule has 4 nitrogen and oxygen atoms in total. The van der Waals surface area contributed by atoms with Gasteiger partial charge in [-0.3, -0.25) is 4.68 Å². The van der Waals surface area contributed by atoms with E-state index in [1.54, 1.807) is 11.7 Å². The van der Waals surface area contributed by atoms with Gasteiger partial charge in [-0.2, -0.15) is 5.10 Å². The minimum Gasteiger partial charge on any atom is -0.466 e. The molecule has 5 heteroatoms. The molecule has 2 rings (SSSR count). The van der Waals surface area contributed by atoms with Crippen LogP contribution in [0.5, 0.6) is 0 Å². The summed E-state index contributed by atoms with van der Waals surface area (Å²) in [5.74, 6) is 1.46. The van der Waals surface area contributed by atoms with Gasteiger partial charge in [-0.05, 0) is 19.9 Å². The normalized spacial score (nSPS) is 13.1. The molecule has 1 atom stereocenters. The van der Waals surface area contributed by atoms with Gasteiger partial charge in [0.2, 0.25) is 0 Å². The number of aliphatic hydroxyl groups is 1. The molecule has 86 valence electrons. The molecule has 0 aliphatic rings. The van der Waals surface area contributed by atoms with Crippen LogP contribution in [0.15, 0.2) is 16.7 Å². The summed E-state index contributed by atoms with van der Waals surface area (Å²) in [6.45, 7) is 3.66. The average Bonchev–Trinajstić information content (AvgIpc) is 2.70. The first-order valence-electron chi connectivity index (χ1n) is 4.93. The van der Waals surface area contributed by atoms with Crippen LogP contribution in [-0.2, 0) is 7.05 Å². The van der Waals surface area contributed by atoms with E-state index in [0.717, 1.165) is 11.3 Å². The minimum atomic E-state index is -0.808. The number of furan rings is 1. The number of rotatable bonds is 2. The third-order valence-corrected chi connectivity index (χ3v) is 2.86. The largest absolute Gasteiger partial charge is 0.466 e. The summed E-state index contributed by atoms with van der Waals surface area (Å²) >= 11 is 5.98. The standard InChI is InChI=1S/C11H13ClN2O2/c1-6-4-8(7(2)16-6)11(15)10-9(12)5-13-14(10)3/h4-5,11,15H,1-3H3. The molecule has 0 fully saturated rings. The molecule has 0 radical (unpaired) electrons. The highest BCUT2D eigenvalue weighted by atomic mass is 35.5. The lowest BCUT2D eigenvalue weighted by atomic mass is 10.1. The van der Waals surface area contributed by atoms with E-state index in [9.17, 15) is 5.11 Å². The highest BCUT2D eigenvalue weighted by Crippen LogP contribution is 2.30. The van der Waals surface area contributed by atoms with E-state index in [1.807, 2.05) is 19.9 Å². The number of aryl methyl sites for hydroxylation is 3. The first-order chi connectivity index (χ1) is 7.50. The highest BCUT2D eigenvalue weighted by molar-refractivity contribution is 6.31. The lowest BCUT2D eigenvalue weighted by Crippen LogP contribution is -2.07. The summed E-state index contributed by atoms with van der Waals surface area (Å²) in [5.41, 5.74) is 1.30. The van der Waals surface area contributed by atoms with E-state index in [1.165, 1.54) is 6.20 Å². The van der Waals surface area contributed by atoms with Crippen LogP contribution in [0.2, 0.25) is 5.02 Å². The van der Waals surface area contributed by atoms with Crippen LogP contribution < -0.4 is 0 Å².